The molecule has 1 aliphatic rings. The first kappa shape index (κ1) is 21.4. The third kappa shape index (κ3) is 7.20. The Kier molecular flexibility index (Phi) is 8.11. The van der Waals surface area contributed by atoms with Crippen LogP contribution in [0.15, 0.2) is 52.1 Å². The highest BCUT2D eigenvalue weighted by Crippen LogP contribution is 2.14. The number of hydrogen-bond acceptors (Lipinski definition) is 3. The molecule has 158 valence electrons. The summed E-state index contributed by atoms with van der Waals surface area (Å²) in [6, 6.07) is 11.5. The van der Waals surface area contributed by atoms with E-state index in [4.69, 9.17) is 9.41 Å². The van der Waals surface area contributed by atoms with Gasteiger partial charge in [-0.2, -0.15) is 0 Å². The highest BCUT2D eigenvalue weighted by atomic mass is 19.1. The van der Waals surface area contributed by atoms with Crippen molar-refractivity contribution in [2.45, 2.75) is 58.2 Å². The second-order valence-corrected chi connectivity index (χ2v) is 7.83. The minimum absolute atomic E-state index is 0.177. The molecule has 1 atom stereocenters. The molecule has 1 aliphatic heterocycles. The molecular formula is C23H33FN4O. The van der Waals surface area contributed by atoms with E-state index in [0.717, 1.165) is 62.6 Å². The Labute approximate surface area is 173 Å². The summed E-state index contributed by atoms with van der Waals surface area (Å²) < 4.78 is 18.5. The normalized spacial score (nSPS) is 17.3. The lowest BCUT2D eigenvalue weighted by Crippen LogP contribution is -2.50. The molecule has 1 fully saturated rings. The Balaban J connectivity index is 1.48. The predicted octanol–water partition coefficient (Wildman–Crippen LogP) is 3.96. The molecular weight excluding hydrogens is 367 g/mol. The average Bonchev–Trinajstić information content (AvgIpc) is 3.24. The number of halogens is 1. The lowest BCUT2D eigenvalue weighted by Gasteiger charge is -2.33. The molecule has 1 aromatic heterocycles. The summed E-state index contributed by atoms with van der Waals surface area (Å²) in [4.78, 5) is 7.19. The Bertz CT molecular complexity index is 737. The largest absolute Gasteiger partial charge is 0.469 e. The van der Waals surface area contributed by atoms with E-state index in [1.807, 2.05) is 24.3 Å². The van der Waals surface area contributed by atoms with Gasteiger partial charge in [-0.25, -0.2) is 4.39 Å². The molecule has 0 aliphatic carbocycles. The van der Waals surface area contributed by atoms with Crippen molar-refractivity contribution < 1.29 is 8.81 Å². The molecule has 2 N–H and O–H groups in total. The van der Waals surface area contributed by atoms with Crippen molar-refractivity contribution >= 4 is 5.96 Å². The fourth-order valence-electron chi connectivity index (χ4n) is 3.48. The number of likely N-dealkylation sites (tertiary alicyclic amines) is 1. The molecule has 6 heteroatoms. The first-order chi connectivity index (χ1) is 14.1. The van der Waals surface area contributed by atoms with Crippen LogP contribution in [0.1, 0.15) is 44.4 Å². The van der Waals surface area contributed by atoms with Gasteiger partial charge < -0.3 is 15.1 Å². The average molecular weight is 401 g/mol. The molecule has 0 spiro atoms. The summed E-state index contributed by atoms with van der Waals surface area (Å²) in [6.07, 6.45) is 5.70. The predicted molar refractivity (Wildman–Crippen MR) is 115 cm³/mol. The van der Waals surface area contributed by atoms with Crippen molar-refractivity contribution in [1.29, 1.82) is 0 Å². The quantitative estimate of drug-likeness (QED) is 0.520. The van der Waals surface area contributed by atoms with Gasteiger partial charge in [0.25, 0.3) is 0 Å². The summed E-state index contributed by atoms with van der Waals surface area (Å²) in [7, 11) is 0. The molecule has 5 nitrogen and oxygen atoms in total. The Morgan fingerprint density at radius 2 is 2.00 bits per heavy atom. The summed E-state index contributed by atoms with van der Waals surface area (Å²) in [5, 5.41) is 7.13. The third-order valence-corrected chi connectivity index (χ3v) is 5.45. The summed E-state index contributed by atoms with van der Waals surface area (Å²) >= 11 is 0. The van der Waals surface area contributed by atoms with E-state index in [0.29, 0.717) is 18.6 Å². The first-order valence-corrected chi connectivity index (χ1v) is 10.7. The number of guanidine groups is 1. The number of rotatable bonds is 8. The Morgan fingerprint density at radius 3 is 2.66 bits per heavy atom. The highest BCUT2D eigenvalue weighted by Gasteiger charge is 2.20. The number of benzene rings is 1. The lowest BCUT2D eigenvalue weighted by molar-refractivity contribution is 0.198. The van der Waals surface area contributed by atoms with Crippen molar-refractivity contribution in [3.8, 4) is 0 Å². The second-order valence-electron chi connectivity index (χ2n) is 7.83. The number of nitrogens with zero attached hydrogens (tertiary/aromatic N) is 2. The minimum atomic E-state index is -0.177. The number of piperidine rings is 1. The van der Waals surface area contributed by atoms with Gasteiger partial charge in [-0.1, -0.05) is 19.1 Å². The fourth-order valence-corrected chi connectivity index (χ4v) is 3.48. The number of hydrogen-bond donors (Lipinski definition) is 2. The molecule has 1 saturated heterocycles. The summed E-state index contributed by atoms with van der Waals surface area (Å²) in [5.41, 5.74) is 1.16. The van der Waals surface area contributed by atoms with Crippen LogP contribution in [0.3, 0.4) is 0 Å². The van der Waals surface area contributed by atoms with Crippen molar-refractivity contribution in [2.75, 3.05) is 19.6 Å². The van der Waals surface area contributed by atoms with E-state index < -0.39 is 0 Å². The molecule has 2 aromatic rings. The van der Waals surface area contributed by atoms with E-state index in [-0.39, 0.29) is 5.82 Å². The summed E-state index contributed by atoms with van der Waals surface area (Å²) in [6.45, 7) is 7.97. The first-order valence-electron chi connectivity index (χ1n) is 10.7. The SMILES string of the molecule is CCC(C)NC(=NCCc1ccco1)NC1CCN(Cc2ccc(F)cc2)CC1. The maximum atomic E-state index is 13.1. The van der Waals surface area contributed by atoms with Crippen LogP contribution in [0.5, 0.6) is 0 Å². The molecule has 0 radical (unpaired) electrons. The smallest absolute Gasteiger partial charge is 0.191 e. The molecule has 3 rings (SSSR count). The molecule has 1 aromatic carbocycles. The van der Waals surface area contributed by atoms with Gasteiger partial charge in [-0.3, -0.25) is 9.89 Å². The van der Waals surface area contributed by atoms with E-state index >= 15 is 0 Å². The van der Waals surface area contributed by atoms with Crippen LogP contribution < -0.4 is 10.6 Å². The van der Waals surface area contributed by atoms with E-state index in [1.165, 1.54) is 12.1 Å². The third-order valence-electron chi connectivity index (χ3n) is 5.45. The monoisotopic (exact) mass is 400 g/mol. The molecule has 29 heavy (non-hydrogen) atoms. The fraction of sp³-hybridized carbons (Fsp3) is 0.522. The molecule has 0 amide bonds. The Morgan fingerprint density at radius 1 is 1.24 bits per heavy atom. The van der Waals surface area contributed by atoms with Crippen LogP contribution in [-0.4, -0.2) is 42.6 Å². The van der Waals surface area contributed by atoms with Crippen LogP contribution in [0.2, 0.25) is 0 Å². The maximum Gasteiger partial charge on any atom is 0.191 e. The number of furan rings is 1. The van der Waals surface area contributed by atoms with Crippen LogP contribution in [0.4, 0.5) is 4.39 Å². The second kappa shape index (κ2) is 11.0. The van der Waals surface area contributed by atoms with Crippen molar-refractivity contribution in [1.82, 2.24) is 15.5 Å². The van der Waals surface area contributed by atoms with Gasteiger partial charge in [0.2, 0.25) is 0 Å². The van der Waals surface area contributed by atoms with Gasteiger partial charge in [0.1, 0.15) is 11.6 Å². The molecule has 0 bridgehead atoms. The standard InChI is InChI=1S/C23H33FN4O/c1-3-18(2)26-23(25-13-10-22-5-4-16-29-22)27-21-11-14-28(15-12-21)17-19-6-8-20(24)9-7-19/h4-9,16,18,21H,3,10-15,17H2,1-2H3,(H2,25,26,27). The van der Waals surface area contributed by atoms with Gasteiger partial charge in [0, 0.05) is 44.7 Å². The molecule has 0 saturated carbocycles. The Hall–Kier alpha value is -2.34. The molecule has 2 heterocycles. The van der Waals surface area contributed by atoms with Crippen molar-refractivity contribution in [2.24, 2.45) is 4.99 Å². The van der Waals surface area contributed by atoms with Gasteiger partial charge in [-0.05, 0) is 56.0 Å². The van der Waals surface area contributed by atoms with E-state index in [2.05, 4.69) is 29.4 Å². The van der Waals surface area contributed by atoms with E-state index in [1.54, 1.807) is 6.26 Å². The van der Waals surface area contributed by atoms with Crippen LogP contribution >= 0.6 is 0 Å². The topological polar surface area (TPSA) is 52.8 Å². The van der Waals surface area contributed by atoms with Crippen molar-refractivity contribution in [3.05, 3.63) is 59.8 Å². The molecule has 1 unspecified atom stereocenters. The van der Waals surface area contributed by atoms with Gasteiger partial charge in [0.05, 0.1) is 6.26 Å². The van der Waals surface area contributed by atoms with Gasteiger partial charge in [-0.15, -0.1) is 0 Å². The van der Waals surface area contributed by atoms with Crippen LogP contribution in [-0.2, 0) is 13.0 Å². The number of aliphatic imine (C=N–C) groups is 1. The zero-order valence-electron chi connectivity index (χ0n) is 17.5. The minimum Gasteiger partial charge on any atom is -0.469 e. The zero-order valence-corrected chi connectivity index (χ0v) is 17.5. The zero-order chi connectivity index (χ0) is 20.5. The van der Waals surface area contributed by atoms with Gasteiger partial charge in [0.15, 0.2) is 5.96 Å². The van der Waals surface area contributed by atoms with Gasteiger partial charge >= 0.3 is 0 Å². The maximum absolute atomic E-state index is 13.1. The van der Waals surface area contributed by atoms with E-state index in [9.17, 15) is 4.39 Å². The van der Waals surface area contributed by atoms with Crippen LogP contribution in [0, 0.1) is 5.82 Å². The lowest BCUT2D eigenvalue weighted by atomic mass is 10.0. The van der Waals surface area contributed by atoms with Crippen LogP contribution in [0.25, 0.3) is 0 Å². The summed E-state index contributed by atoms with van der Waals surface area (Å²) in [5.74, 6) is 1.68. The number of nitrogens with one attached hydrogen (secondary N) is 2. The highest BCUT2D eigenvalue weighted by molar-refractivity contribution is 5.80. The van der Waals surface area contributed by atoms with Crippen molar-refractivity contribution in [3.63, 3.8) is 0 Å².